The second-order valence-corrected chi connectivity index (χ2v) is 3.91. The largest absolute Gasteiger partial charge is 0.354 e. The fraction of sp³-hybridized carbons (Fsp3) is 0.417. The minimum atomic E-state index is 0.896. The molecule has 0 unspecified atom stereocenters. The van der Waals surface area contributed by atoms with Crippen molar-refractivity contribution < 1.29 is 0 Å². The first-order chi connectivity index (χ1) is 7.27. The zero-order valence-corrected chi connectivity index (χ0v) is 9.33. The van der Waals surface area contributed by atoms with Crippen LogP contribution in [0.1, 0.15) is 11.1 Å². The number of hydrogen-bond donors (Lipinski definition) is 1. The van der Waals surface area contributed by atoms with E-state index in [2.05, 4.69) is 53.4 Å². The minimum absolute atomic E-state index is 0.896. The lowest BCUT2D eigenvalue weighted by Crippen LogP contribution is -2.35. The van der Waals surface area contributed by atoms with Gasteiger partial charge in [-0.05, 0) is 18.1 Å². The highest BCUT2D eigenvalue weighted by molar-refractivity contribution is 5.81. The summed E-state index contributed by atoms with van der Waals surface area (Å²) < 4.78 is 0. The van der Waals surface area contributed by atoms with Gasteiger partial charge in [-0.2, -0.15) is 0 Å². The Labute approximate surface area is 90.8 Å². The number of aryl methyl sites for hydroxylation is 1. The molecule has 0 saturated heterocycles. The van der Waals surface area contributed by atoms with Gasteiger partial charge in [0.25, 0.3) is 0 Å². The predicted molar refractivity (Wildman–Crippen MR) is 63.0 cm³/mol. The highest BCUT2D eigenvalue weighted by Gasteiger charge is 2.10. The van der Waals surface area contributed by atoms with Crippen molar-refractivity contribution in [2.45, 2.75) is 13.5 Å². The number of rotatable bonds is 2. The Balaban J connectivity index is 2.05. The summed E-state index contributed by atoms with van der Waals surface area (Å²) in [6, 6.07) is 8.47. The van der Waals surface area contributed by atoms with E-state index in [1.54, 1.807) is 0 Å². The van der Waals surface area contributed by atoms with E-state index in [1.165, 1.54) is 11.1 Å². The zero-order chi connectivity index (χ0) is 10.7. The van der Waals surface area contributed by atoms with Gasteiger partial charge in [-0.3, -0.25) is 4.99 Å². The third-order valence-electron chi connectivity index (χ3n) is 2.69. The first-order valence-corrected chi connectivity index (χ1v) is 5.31. The van der Waals surface area contributed by atoms with Gasteiger partial charge in [-0.15, -0.1) is 0 Å². The van der Waals surface area contributed by atoms with Crippen molar-refractivity contribution in [2.24, 2.45) is 4.99 Å². The van der Waals surface area contributed by atoms with Crippen LogP contribution < -0.4 is 5.32 Å². The van der Waals surface area contributed by atoms with Crippen LogP contribution in [0.4, 0.5) is 0 Å². The summed E-state index contributed by atoms with van der Waals surface area (Å²) in [4.78, 5) is 6.55. The second-order valence-electron chi connectivity index (χ2n) is 3.91. The smallest absolute Gasteiger partial charge is 0.194 e. The van der Waals surface area contributed by atoms with Gasteiger partial charge in [-0.1, -0.05) is 24.3 Å². The van der Waals surface area contributed by atoms with Crippen LogP contribution in [0, 0.1) is 6.92 Å². The molecule has 0 atom stereocenters. The van der Waals surface area contributed by atoms with Crippen molar-refractivity contribution in [1.29, 1.82) is 0 Å². The van der Waals surface area contributed by atoms with E-state index in [1.807, 2.05) is 0 Å². The maximum absolute atomic E-state index is 4.39. The fourth-order valence-electron chi connectivity index (χ4n) is 1.76. The molecule has 0 radical (unpaired) electrons. The lowest BCUT2D eigenvalue weighted by molar-refractivity contribution is 0.485. The Hall–Kier alpha value is -1.51. The molecule has 0 spiro atoms. The lowest BCUT2D eigenvalue weighted by atomic mass is 10.1. The van der Waals surface area contributed by atoms with E-state index >= 15 is 0 Å². The van der Waals surface area contributed by atoms with E-state index in [4.69, 9.17) is 0 Å². The monoisotopic (exact) mass is 203 g/mol. The number of benzene rings is 1. The predicted octanol–water partition coefficient (Wildman–Crippen LogP) is 1.39. The zero-order valence-electron chi connectivity index (χ0n) is 9.33. The number of hydrogen-bond acceptors (Lipinski definition) is 3. The molecule has 1 aromatic carbocycles. The highest BCUT2D eigenvalue weighted by Crippen LogP contribution is 2.09. The van der Waals surface area contributed by atoms with Crippen LogP contribution in [-0.2, 0) is 6.54 Å². The number of nitrogens with one attached hydrogen (secondary N) is 1. The maximum Gasteiger partial charge on any atom is 0.194 e. The van der Waals surface area contributed by atoms with Crippen molar-refractivity contribution >= 4 is 5.96 Å². The molecule has 0 aliphatic carbocycles. The Morgan fingerprint density at radius 1 is 1.40 bits per heavy atom. The molecule has 2 rings (SSSR count). The average molecular weight is 203 g/mol. The molecular formula is C12H17N3. The molecular weight excluding hydrogens is 186 g/mol. The van der Waals surface area contributed by atoms with Gasteiger partial charge < -0.3 is 10.2 Å². The molecule has 0 saturated carbocycles. The Morgan fingerprint density at radius 2 is 2.20 bits per heavy atom. The lowest BCUT2D eigenvalue weighted by Gasteiger charge is -2.20. The third kappa shape index (κ3) is 2.29. The summed E-state index contributed by atoms with van der Waals surface area (Å²) in [5, 5.41) is 3.27. The Morgan fingerprint density at radius 3 is 2.87 bits per heavy atom. The van der Waals surface area contributed by atoms with Gasteiger partial charge in [0.15, 0.2) is 5.96 Å². The standard InChI is InChI=1S/C12H17N3/c1-10-5-3-4-6-11(10)9-15(2)12-13-7-8-14-12/h3-6H,7-9H2,1-2H3,(H,13,14). The number of guanidine groups is 1. The highest BCUT2D eigenvalue weighted by atomic mass is 15.3. The van der Waals surface area contributed by atoms with Gasteiger partial charge in [0.2, 0.25) is 0 Å². The number of nitrogens with zero attached hydrogens (tertiary/aromatic N) is 2. The third-order valence-corrected chi connectivity index (χ3v) is 2.69. The molecule has 1 heterocycles. The molecule has 80 valence electrons. The molecule has 1 N–H and O–H groups in total. The van der Waals surface area contributed by atoms with Crippen LogP contribution in [0.3, 0.4) is 0 Å². The van der Waals surface area contributed by atoms with Gasteiger partial charge in [0.1, 0.15) is 0 Å². The minimum Gasteiger partial charge on any atom is -0.354 e. The van der Waals surface area contributed by atoms with Crippen LogP contribution in [0.25, 0.3) is 0 Å². The van der Waals surface area contributed by atoms with E-state index < -0.39 is 0 Å². The Bertz CT molecular complexity index is 371. The molecule has 0 bridgehead atoms. The van der Waals surface area contributed by atoms with Gasteiger partial charge in [-0.25, -0.2) is 0 Å². The van der Waals surface area contributed by atoms with E-state index in [9.17, 15) is 0 Å². The quantitative estimate of drug-likeness (QED) is 0.786. The molecule has 1 aliphatic rings. The fourth-order valence-corrected chi connectivity index (χ4v) is 1.76. The first kappa shape index (κ1) is 10.0. The molecule has 15 heavy (non-hydrogen) atoms. The molecule has 0 fully saturated rings. The maximum atomic E-state index is 4.39. The van der Waals surface area contributed by atoms with Crippen molar-refractivity contribution in [1.82, 2.24) is 10.2 Å². The summed E-state index contributed by atoms with van der Waals surface area (Å²) in [6.07, 6.45) is 0. The normalized spacial score (nSPS) is 14.7. The summed E-state index contributed by atoms with van der Waals surface area (Å²) in [5.41, 5.74) is 2.69. The summed E-state index contributed by atoms with van der Waals surface area (Å²) >= 11 is 0. The molecule has 0 aromatic heterocycles. The SMILES string of the molecule is Cc1ccccc1CN(C)C1=NCCN1. The molecule has 3 heteroatoms. The summed E-state index contributed by atoms with van der Waals surface area (Å²) in [7, 11) is 2.07. The van der Waals surface area contributed by atoms with Gasteiger partial charge in [0, 0.05) is 20.1 Å². The van der Waals surface area contributed by atoms with Crippen molar-refractivity contribution in [3.8, 4) is 0 Å². The molecule has 0 amide bonds. The van der Waals surface area contributed by atoms with Crippen LogP contribution in [0.5, 0.6) is 0 Å². The molecule has 1 aromatic rings. The van der Waals surface area contributed by atoms with Crippen LogP contribution in [0.15, 0.2) is 29.3 Å². The van der Waals surface area contributed by atoms with E-state index in [-0.39, 0.29) is 0 Å². The van der Waals surface area contributed by atoms with Crippen molar-refractivity contribution in [3.05, 3.63) is 35.4 Å². The molecule has 1 aliphatic heterocycles. The van der Waals surface area contributed by atoms with Crippen LogP contribution in [0.2, 0.25) is 0 Å². The molecule has 3 nitrogen and oxygen atoms in total. The topological polar surface area (TPSA) is 27.6 Å². The van der Waals surface area contributed by atoms with Gasteiger partial charge in [0.05, 0.1) is 6.54 Å². The van der Waals surface area contributed by atoms with Crippen LogP contribution >= 0.6 is 0 Å². The first-order valence-electron chi connectivity index (χ1n) is 5.31. The summed E-state index contributed by atoms with van der Waals surface area (Å²) in [6.45, 7) is 4.92. The van der Waals surface area contributed by atoms with Crippen molar-refractivity contribution in [3.63, 3.8) is 0 Å². The van der Waals surface area contributed by atoms with Crippen molar-refractivity contribution in [2.75, 3.05) is 20.1 Å². The summed E-state index contributed by atoms with van der Waals surface area (Å²) in [5.74, 6) is 1.01. The van der Waals surface area contributed by atoms with Gasteiger partial charge >= 0.3 is 0 Å². The van der Waals surface area contributed by atoms with E-state index in [0.717, 1.165) is 25.6 Å². The second kappa shape index (κ2) is 4.34. The number of aliphatic imine (C=N–C) groups is 1. The average Bonchev–Trinajstić information content (AvgIpc) is 2.74. The Kier molecular flexibility index (Phi) is 2.90. The van der Waals surface area contributed by atoms with E-state index in [0.29, 0.717) is 0 Å². The van der Waals surface area contributed by atoms with Crippen LogP contribution in [-0.4, -0.2) is 31.0 Å².